The van der Waals surface area contributed by atoms with Crippen molar-refractivity contribution in [3.8, 4) is 11.5 Å². The molecule has 2 aromatic carbocycles. The van der Waals surface area contributed by atoms with E-state index in [4.69, 9.17) is 20.6 Å². The van der Waals surface area contributed by atoms with E-state index in [2.05, 4.69) is 26.5 Å². The number of nitrogens with one attached hydrogen (secondary N) is 5. The van der Waals surface area contributed by atoms with Gasteiger partial charge < -0.3 is 25.8 Å². The van der Waals surface area contributed by atoms with Gasteiger partial charge in [-0.05, 0) is 67.4 Å². The van der Waals surface area contributed by atoms with Gasteiger partial charge in [0.25, 0.3) is 17.7 Å². The minimum Gasteiger partial charge on any atom is -0.490 e. The maximum atomic E-state index is 13.4. The number of anilines is 1. The number of carbonyl (C=O) groups excluding carboxylic acids is 3. The highest BCUT2D eigenvalue weighted by molar-refractivity contribution is 5.97. The van der Waals surface area contributed by atoms with Gasteiger partial charge in [0.05, 0.1) is 6.61 Å². The molecule has 0 radical (unpaired) electrons. The molecule has 1 unspecified atom stereocenters. The molecule has 7 N–H and O–H groups in total. The van der Waals surface area contributed by atoms with Crippen LogP contribution in [-0.4, -0.2) is 48.8 Å². The predicted molar refractivity (Wildman–Crippen MR) is 146 cm³/mol. The number of benzene rings is 2. The molecule has 3 rings (SSSR count). The number of nitrogen functional groups attached to an aromatic ring is 1. The van der Waals surface area contributed by atoms with Gasteiger partial charge in [0.15, 0.2) is 18.1 Å². The van der Waals surface area contributed by atoms with Crippen molar-refractivity contribution in [2.75, 3.05) is 25.6 Å². The normalized spacial score (nSPS) is 11.1. The van der Waals surface area contributed by atoms with Gasteiger partial charge in [-0.1, -0.05) is 6.07 Å². The Balaban J connectivity index is 1.89. The van der Waals surface area contributed by atoms with Crippen LogP contribution in [0.1, 0.15) is 40.0 Å². The molecule has 0 saturated heterocycles. The van der Waals surface area contributed by atoms with Crippen LogP contribution in [-0.2, 0) is 9.59 Å². The van der Waals surface area contributed by atoms with Gasteiger partial charge >= 0.3 is 0 Å². The highest BCUT2D eigenvalue weighted by atomic mass is 16.5. The second kappa shape index (κ2) is 13.4. The number of nitrogens with zero attached hydrogens (tertiary/aromatic N) is 1. The van der Waals surface area contributed by atoms with Crippen LogP contribution in [0.5, 0.6) is 11.5 Å². The number of rotatable bonds is 11. The van der Waals surface area contributed by atoms with Crippen LogP contribution in [0.25, 0.3) is 0 Å². The number of hydrogen-bond acceptors (Lipinski definition) is 8. The number of pyridine rings is 1. The van der Waals surface area contributed by atoms with Crippen molar-refractivity contribution in [2.45, 2.75) is 19.9 Å². The van der Waals surface area contributed by atoms with E-state index >= 15 is 0 Å². The van der Waals surface area contributed by atoms with E-state index in [1.54, 1.807) is 68.6 Å². The van der Waals surface area contributed by atoms with E-state index in [9.17, 15) is 14.4 Å². The van der Waals surface area contributed by atoms with Crippen LogP contribution >= 0.6 is 0 Å². The van der Waals surface area contributed by atoms with Gasteiger partial charge in [-0.2, -0.15) is 0 Å². The molecule has 0 bridgehead atoms. The number of nitrogens with two attached hydrogens (primary N) is 1. The van der Waals surface area contributed by atoms with Crippen LogP contribution in [0.4, 0.5) is 5.69 Å². The third-order valence-corrected chi connectivity index (χ3v) is 5.57. The average Bonchev–Trinajstić information content (AvgIpc) is 2.94. The molecule has 0 spiro atoms. The standard InChI is InChI=1S/C27H31N7O5/c1-4-38-22-13-18(7-10-21(22)39-15-23(35)30-3)24(32-19-8-5-17(6-9-19)25(28)29)27(37)34-33-26(36)20-11-12-31-14-16(20)2/h5-14,24,32H,4,15H2,1-3H3,(H3,28,29)(H,30,35)(H,33,36)(H,34,37). The Morgan fingerprint density at radius 2 is 1.77 bits per heavy atom. The Bertz CT molecular complexity index is 1340. The maximum absolute atomic E-state index is 13.4. The molecular weight excluding hydrogens is 502 g/mol. The smallest absolute Gasteiger partial charge is 0.270 e. The Kier molecular flexibility index (Phi) is 9.79. The molecule has 39 heavy (non-hydrogen) atoms. The second-order valence-corrected chi connectivity index (χ2v) is 8.30. The molecule has 1 aromatic heterocycles. The number of aryl methyl sites for hydroxylation is 1. The first-order chi connectivity index (χ1) is 18.7. The van der Waals surface area contributed by atoms with Crippen molar-refractivity contribution >= 4 is 29.2 Å². The summed E-state index contributed by atoms with van der Waals surface area (Å²) < 4.78 is 11.3. The minimum atomic E-state index is -0.987. The van der Waals surface area contributed by atoms with E-state index in [1.165, 1.54) is 13.2 Å². The predicted octanol–water partition coefficient (Wildman–Crippen LogP) is 1.81. The monoisotopic (exact) mass is 533 g/mol. The summed E-state index contributed by atoms with van der Waals surface area (Å²) in [6.07, 6.45) is 3.04. The van der Waals surface area contributed by atoms with Gasteiger partial charge in [-0.3, -0.25) is 35.6 Å². The number of likely N-dealkylation sites (N-methyl/N-ethyl adjacent to an activating group) is 1. The van der Waals surface area contributed by atoms with Crippen LogP contribution in [0, 0.1) is 12.3 Å². The third kappa shape index (κ3) is 7.68. The number of hydrogen-bond donors (Lipinski definition) is 6. The second-order valence-electron chi connectivity index (χ2n) is 8.30. The SMILES string of the molecule is CCOc1cc(C(Nc2ccc(C(=N)N)cc2)C(=O)NNC(=O)c2ccncc2C)ccc1OCC(=O)NC. The van der Waals surface area contributed by atoms with E-state index in [-0.39, 0.29) is 18.3 Å². The lowest BCUT2D eigenvalue weighted by Crippen LogP contribution is -2.45. The van der Waals surface area contributed by atoms with Gasteiger partial charge in [0.2, 0.25) is 0 Å². The fourth-order valence-corrected chi connectivity index (χ4v) is 3.51. The molecular formula is C27H31N7O5. The molecule has 204 valence electrons. The summed E-state index contributed by atoms with van der Waals surface area (Å²) in [5.41, 5.74) is 13.1. The van der Waals surface area contributed by atoms with Crippen LogP contribution in [0.3, 0.4) is 0 Å². The zero-order chi connectivity index (χ0) is 28.4. The number of carbonyl (C=O) groups is 3. The zero-order valence-corrected chi connectivity index (χ0v) is 21.8. The number of aromatic nitrogens is 1. The Morgan fingerprint density at radius 3 is 2.41 bits per heavy atom. The Labute approximate surface area is 225 Å². The largest absolute Gasteiger partial charge is 0.490 e. The molecule has 1 heterocycles. The zero-order valence-electron chi connectivity index (χ0n) is 21.8. The van der Waals surface area contributed by atoms with Crippen molar-refractivity contribution in [1.29, 1.82) is 5.41 Å². The summed E-state index contributed by atoms with van der Waals surface area (Å²) in [6, 6.07) is 12.1. The van der Waals surface area contributed by atoms with Crippen molar-refractivity contribution in [3.05, 3.63) is 83.2 Å². The highest BCUT2D eigenvalue weighted by Gasteiger charge is 2.24. The lowest BCUT2D eigenvalue weighted by Gasteiger charge is -2.22. The minimum absolute atomic E-state index is 0.0846. The molecule has 0 saturated carbocycles. The highest BCUT2D eigenvalue weighted by Crippen LogP contribution is 2.32. The third-order valence-electron chi connectivity index (χ3n) is 5.57. The van der Waals surface area contributed by atoms with E-state index < -0.39 is 17.9 Å². The lowest BCUT2D eigenvalue weighted by molar-refractivity contribution is -0.123. The molecule has 0 aliphatic rings. The average molecular weight is 534 g/mol. The maximum Gasteiger partial charge on any atom is 0.270 e. The lowest BCUT2D eigenvalue weighted by atomic mass is 10.0. The fraction of sp³-hybridized carbons (Fsp3) is 0.222. The molecule has 3 aromatic rings. The van der Waals surface area contributed by atoms with Gasteiger partial charge in [0, 0.05) is 36.3 Å². The first-order valence-electron chi connectivity index (χ1n) is 12.0. The van der Waals surface area contributed by atoms with Crippen LogP contribution in [0.15, 0.2) is 60.9 Å². The van der Waals surface area contributed by atoms with Crippen LogP contribution < -0.4 is 36.7 Å². The Morgan fingerprint density at radius 1 is 1.03 bits per heavy atom. The molecule has 3 amide bonds. The number of hydrazine groups is 1. The molecule has 12 nitrogen and oxygen atoms in total. The van der Waals surface area contributed by atoms with Gasteiger partial charge in [0.1, 0.15) is 11.9 Å². The van der Waals surface area contributed by atoms with Crippen molar-refractivity contribution in [3.63, 3.8) is 0 Å². The summed E-state index contributed by atoms with van der Waals surface area (Å²) in [7, 11) is 1.50. The fourth-order valence-electron chi connectivity index (χ4n) is 3.51. The number of amides is 3. The molecule has 0 aliphatic carbocycles. The van der Waals surface area contributed by atoms with Gasteiger partial charge in [-0.15, -0.1) is 0 Å². The first-order valence-corrected chi connectivity index (χ1v) is 12.0. The summed E-state index contributed by atoms with van der Waals surface area (Å²) in [5.74, 6) is -0.793. The Hall–Kier alpha value is -5.13. The first kappa shape index (κ1) is 28.4. The van der Waals surface area contributed by atoms with Crippen molar-refractivity contribution in [1.82, 2.24) is 21.2 Å². The molecule has 12 heteroatoms. The quantitative estimate of drug-likeness (QED) is 0.123. The van der Waals surface area contributed by atoms with E-state index in [0.717, 1.165) is 0 Å². The number of amidine groups is 1. The van der Waals surface area contributed by atoms with E-state index in [0.29, 0.717) is 46.0 Å². The van der Waals surface area contributed by atoms with Crippen molar-refractivity contribution < 1.29 is 23.9 Å². The van der Waals surface area contributed by atoms with Crippen molar-refractivity contribution in [2.24, 2.45) is 5.73 Å². The topological polar surface area (TPSA) is 181 Å². The summed E-state index contributed by atoms with van der Waals surface area (Å²) in [5, 5.41) is 13.2. The van der Waals surface area contributed by atoms with Crippen LogP contribution in [0.2, 0.25) is 0 Å². The summed E-state index contributed by atoms with van der Waals surface area (Å²) in [4.78, 5) is 41.6. The van der Waals surface area contributed by atoms with Gasteiger partial charge in [-0.25, -0.2) is 0 Å². The summed E-state index contributed by atoms with van der Waals surface area (Å²) in [6.45, 7) is 3.64. The molecule has 0 aliphatic heterocycles. The van der Waals surface area contributed by atoms with E-state index in [1.807, 2.05) is 0 Å². The molecule has 0 fully saturated rings. The number of ether oxygens (including phenoxy) is 2. The summed E-state index contributed by atoms with van der Waals surface area (Å²) >= 11 is 0. The molecule has 1 atom stereocenters.